The molecule has 1 rings (SSSR count). The Morgan fingerprint density at radius 3 is 2.25 bits per heavy atom. The standard InChI is InChI=1S/C7H3ClF3.Li/c8-6-3-1-2-5(4-6)7(9,10)11;/h1-2,4H;/q-1;+1. The van der Waals surface area contributed by atoms with Crippen LogP contribution in [0.3, 0.4) is 0 Å². The molecule has 0 aliphatic heterocycles. The van der Waals surface area contributed by atoms with Crippen LogP contribution >= 0.6 is 11.6 Å². The average molecular weight is 186 g/mol. The Bertz CT molecular complexity index is 259. The van der Waals surface area contributed by atoms with Crippen molar-refractivity contribution >= 4 is 11.6 Å². The first-order valence-electron chi connectivity index (χ1n) is 2.74. The van der Waals surface area contributed by atoms with Crippen LogP contribution in [0.5, 0.6) is 0 Å². The second-order valence-electron chi connectivity index (χ2n) is 1.92. The molecule has 0 spiro atoms. The van der Waals surface area contributed by atoms with E-state index in [2.05, 4.69) is 6.07 Å². The Balaban J connectivity index is 0.00000121. The fraction of sp³-hybridized carbons (Fsp3) is 0.143. The van der Waals surface area contributed by atoms with E-state index in [1.54, 1.807) is 0 Å². The molecule has 60 valence electrons. The van der Waals surface area contributed by atoms with Gasteiger partial charge in [-0.15, -0.1) is 17.7 Å². The van der Waals surface area contributed by atoms with Crippen LogP contribution in [0.4, 0.5) is 13.2 Å². The van der Waals surface area contributed by atoms with Crippen molar-refractivity contribution in [3.05, 3.63) is 34.9 Å². The van der Waals surface area contributed by atoms with Gasteiger partial charge in [-0.25, -0.2) is 0 Å². The zero-order chi connectivity index (χ0) is 8.48. The summed E-state index contributed by atoms with van der Waals surface area (Å²) in [5, 5.41) is -0.0279. The summed E-state index contributed by atoms with van der Waals surface area (Å²) in [6.07, 6.45) is -4.32. The predicted octanol–water partition coefficient (Wildman–Crippen LogP) is 0.163. The van der Waals surface area contributed by atoms with Crippen LogP contribution < -0.4 is 18.9 Å². The van der Waals surface area contributed by atoms with Crippen LogP contribution in [0.2, 0.25) is 5.02 Å². The van der Waals surface area contributed by atoms with E-state index in [9.17, 15) is 13.2 Å². The fourth-order valence-electron chi connectivity index (χ4n) is 0.614. The maximum absolute atomic E-state index is 11.9. The third-order valence-corrected chi connectivity index (χ3v) is 1.31. The van der Waals surface area contributed by atoms with E-state index < -0.39 is 11.7 Å². The summed E-state index contributed by atoms with van der Waals surface area (Å²) < 4.78 is 35.7. The molecule has 0 N–H and O–H groups in total. The van der Waals surface area contributed by atoms with E-state index in [0.29, 0.717) is 0 Å². The summed E-state index contributed by atoms with van der Waals surface area (Å²) in [6, 6.07) is 5.31. The fourth-order valence-corrected chi connectivity index (χ4v) is 0.794. The maximum atomic E-state index is 11.9. The number of rotatable bonds is 0. The second-order valence-corrected chi connectivity index (χ2v) is 2.33. The number of benzene rings is 1. The van der Waals surface area contributed by atoms with Crippen molar-refractivity contribution in [1.82, 2.24) is 0 Å². The molecule has 0 heterocycles. The minimum atomic E-state index is -4.32. The van der Waals surface area contributed by atoms with Crippen molar-refractivity contribution < 1.29 is 32.0 Å². The zero-order valence-electron chi connectivity index (χ0n) is 6.24. The van der Waals surface area contributed by atoms with E-state index in [1.807, 2.05) is 0 Å². The first-order chi connectivity index (χ1) is 5.00. The molecular formula is C7H3ClF3Li. The minimum absolute atomic E-state index is 0. The van der Waals surface area contributed by atoms with Gasteiger partial charge in [0, 0.05) is 0 Å². The van der Waals surface area contributed by atoms with E-state index in [0.717, 1.165) is 18.2 Å². The summed E-state index contributed by atoms with van der Waals surface area (Å²) >= 11 is 5.30. The maximum Gasteiger partial charge on any atom is 1.00 e. The molecular weight excluding hydrogens is 183 g/mol. The van der Waals surface area contributed by atoms with Crippen molar-refractivity contribution in [2.45, 2.75) is 6.18 Å². The van der Waals surface area contributed by atoms with Crippen LogP contribution in [0, 0.1) is 6.07 Å². The molecule has 12 heavy (non-hydrogen) atoms. The summed E-state index contributed by atoms with van der Waals surface area (Å²) in [5.41, 5.74) is -0.749. The third-order valence-electron chi connectivity index (χ3n) is 1.09. The van der Waals surface area contributed by atoms with Crippen molar-refractivity contribution in [1.29, 1.82) is 0 Å². The molecule has 0 aromatic heterocycles. The minimum Gasteiger partial charge on any atom is -0.175 e. The predicted molar refractivity (Wildman–Crippen MR) is 35.3 cm³/mol. The Kier molecular flexibility index (Phi) is 4.19. The van der Waals surface area contributed by atoms with Gasteiger partial charge in [0.05, 0.1) is 0 Å². The first kappa shape index (κ1) is 11.9. The van der Waals surface area contributed by atoms with Crippen molar-refractivity contribution in [3.8, 4) is 0 Å². The molecule has 1 aromatic carbocycles. The van der Waals surface area contributed by atoms with Crippen LogP contribution in [0.25, 0.3) is 0 Å². The monoisotopic (exact) mass is 186 g/mol. The SMILES string of the molecule is FC(F)(F)c1cc[c-]c(Cl)c1.[Li+]. The quantitative estimate of drug-likeness (QED) is 0.400. The summed E-state index contributed by atoms with van der Waals surface area (Å²) in [6.45, 7) is 0. The van der Waals surface area contributed by atoms with E-state index >= 15 is 0 Å². The second kappa shape index (κ2) is 4.22. The molecule has 0 amide bonds. The smallest absolute Gasteiger partial charge is 0.175 e. The molecule has 1 aromatic rings. The molecule has 0 nitrogen and oxygen atoms in total. The Labute approximate surface area is 84.9 Å². The van der Waals surface area contributed by atoms with Gasteiger partial charge in [-0.3, -0.25) is 0 Å². The Hall–Kier alpha value is -0.103. The molecule has 0 aliphatic carbocycles. The van der Waals surface area contributed by atoms with Gasteiger partial charge in [-0.05, 0) is 0 Å². The Morgan fingerprint density at radius 1 is 1.33 bits per heavy atom. The Morgan fingerprint density at radius 2 is 1.92 bits per heavy atom. The summed E-state index contributed by atoms with van der Waals surface area (Å²) in [5.74, 6) is 0. The van der Waals surface area contributed by atoms with Crippen LogP contribution in [-0.4, -0.2) is 0 Å². The molecule has 0 bridgehead atoms. The van der Waals surface area contributed by atoms with Crippen molar-refractivity contribution in [3.63, 3.8) is 0 Å². The van der Waals surface area contributed by atoms with Gasteiger partial charge in [0.25, 0.3) is 0 Å². The van der Waals surface area contributed by atoms with Crippen molar-refractivity contribution in [2.75, 3.05) is 0 Å². The normalized spacial score (nSPS) is 10.7. The largest absolute Gasteiger partial charge is 1.00 e. The molecule has 0 saturated carbocycles. The van der Waals surface area contributed by atoms with Crippen LogP contribution in [0.15, 0.2) is 18.2 Å². The molecule has 0 fully saturated rings. The third kappa shape index (κ3) is 3.10. The van der Waals surface area contributed by atoms with E-state index in [1.165, 1.54) is 0 Å². The van der Waals surface area contributed by atoms with Gasteiger partial charge in [0.15, 0.2) is 0 Å². The molecule has 5 heteroatoms. The van der Waals surface area contributed by atoms with Gasteiger partial charge in [0.2, 0.25) is 0 Å². The molecule has 0 radical (unpaired) electrons. The zero-order valence-corrected chi connectivity index (χ0v) is 7.00. The van der Waals surface area contributed by atoms with Crippen LogP contribution in [0.1, 0.15) is 5.56 Å². The average Bonchev–Trinajstić information content (AvgIpc) is 1.86. The van der Waals surface area contributed by atoms with E-state index in [-0.39, 0.29) is 23.9 Å². The molecule has 0 aliphatic rings. The van der Waals surface area contributed by atoms with Crippen LogP contribution in [-0.2, 0) is 6.18 Å². The summed E-state index contributed by atoms with van der Waals surface area (Å²) in [4.78, 5) is 0. The van der Waals surface area contributed by atoms with Gasteiger partial charge in [0.1, 0.15) is 0 Å². The first-order valence-corrected chi connectivity index (χ1v) is 3.12. The number of halogens is 4. The van der Waals surface area contributed by atoms with Gasteiger partial charge in [-0.2, -0.15) is 31.4 Å². The number of alkyl halides is 3. The molecule has 0 atom stereocenters. The van der Waals surface area contributed by atoms with Gasteiger partial charge >= 0.3 is 25.0 Å². The molecule has 0 unspecified atom stereocenters. The summed E-state index contributed by atoms with van der Waals surface area (Å²) in [7, 11) is 0. The van der Waals surface area contributed by atoms with Gasteiger partial charge < -0.3 is 0 Å². The van der Waals surface area contributed by atoms with Crippen molar-refractivity contribution in [2.24, 2.45) is 0 Å². The molecule has 0 saturated heterocycles. The van der Waals surface area contributed by atoms with E-state index in [4.69, 9.17) is 11.6 Å². The topological polar surface area (TPSA) is 0 Å². The number of hydrogen-bond acceptors (Lipinski definition) is 0. The number of hydrogen-bond donors (Lipinski definition) is 0. The van der Waals surface area contributed by atoms with Gasteiger partial charge in [-0.1, -0.05) is 10.6 Å².